The van der Waals surface area contributed by atoms with E-state index in [0.717, 1.165) is 15.3 Å². The normalized spacial score (nSPS) is 12.0. The molecule has 0 amide bonds. The summed E-state index contributed by atoms with van der Waals surface area (Å²) in [6.45, 7) is 3.81. The molecule has 0 fully saturated rings. The van der Waals surface area contributed by atoms with Gasteiger partial charge in [0.25, 0.3) is 0 Å². The molecule has 1 aromatic heterocycles. The standard InChI is InChI=1S/C15H16N2O2S/c1-4-5-12(8-16)9-17-10-13-6-14(20-11(13)2)7-15(18)19-3/h4-6,9-10H,7H2,1-3H3/b5-4-,12-9+,17-10?. The Bertz CT molecular complexity index is 604. The molecule has 0 bridgehead atoms. The highest BCUT2D eigenvalue weighted by Gasteiger charge is 2.08. The lowest BCUT2D eigenvalue weighted by molar-refractivity contribution is -0.139. The highest BCUT2D eigenvalue weighted by molar-refractivity contribution is 7.12. The van der Waals surface area contributed by atoms with Crippen molar-refractivity contribution in [2.45, 2.75) is 20.3 Å². The Morgan fingerprint density at radius 1 is 1.60 bits per heavy atom. The Morgan fingerprint density at radius 2 is 2.35 bits per heavy atom. The summed E-state index contributed by atoms with van der Waals surface area (Å²) in [5.74, 6) is -0.255. The summed E-state index contributed by atoms with van der Waals surface area (Å²) in [6.07, 6.45) is 6.95. The average Bonchev–Trinajstić information content (AvgIpc) is 2.77. The molecule has 0 unspecified atom stereocenters. The van der Waals surface area contributed by atoms with Gasteiger partial charge in [0.2, 0.25) is 0 Å². The van der Waals surface area contributed by atoms with Crippen LogP contribution in [0.2, 0.25) is 0 Å². The molecular weight excluding hydrogens is 272 g/mol. The van der Waals surface area contributed by atoms with Gasteiger partial charge in [-0.1, -0.05) is 6.08 Å². The van der Waals surface area contributed by atoms with Gasteiger partial charge < -0.3 is 4.74 Å². The minimum absolute atomic E-state index is 0.255. The predicted molar refractivity (Wildman–Crippen MR) is 80.9 cm³/mol. The van der Waals surface area contributed by atoms with Gasteiger partial charge in [-0.15, -0.1) is 11.3 Å². The molecule has 1 rings (SSSR count). The largest absolute Gasteiger partial charge is 0.469 e. The van der Waals surface area contributed by atoms with E-state index >= 15 is 0 Å². The summed E-state index contributed by atoms with van der Waals surface area (Å²) >= 11 is 1.54. The van der Waals surface area contributed by atoms with E-state index in [0.29, 0.717) is 5.57 Å². The Balaban J connectivity index is 2.83. The van der Waals surface area contributed by atoms with Gasteiger partial charge in [-0.25, -0.2) is 0 Å². The third-order valence-corrected chi connectivity index (χ3v) is 3.52. The molecule has 20 heavy (non-hydrogen) atoms. The van der Waals surface area contributed by atoms with E-state index in [1.54, 1.807) is 29.7 Å². The Morgan fingerprint density at radius 3 is 2.95 bits per heavy atom. The van der Waals surface area contributed by atoms with Gasteiger partial charge in [0.05, 0.1) is 19.1 Å². The number of aliphatic imine (C=N–C) groups is 1. The first-order valence-electron chi connectivity index (χ1n) is 6.03. The first-order chi connectivity index (χ1) is 9.60. The number of nitriles is 1. The van der Waals surface area contributed by atoms with Crippen LogP contribution in [-0.2, 0) is 16.0 Å². The molecule has 4 nitrogen and oxygen atoms in total. The van der Waals surface area contributed by atoms with Crippen LogP contribution in [0.5, 0.6) is 0 Å². The molecule has 5 heteroatoms. The number of carbonyl (C=O) groups is 1. The molecule has 104 valence electrons. The van der Waals surface area contributed by atoms with Crippen LogP contribution in [0.25, 0.3) is 0 Å². The zero-order valence-corrected chi connectivity index (χ0v) is 12.5. The molecule has 1 aromatic rings. The molecule has 0 aliphatic carbocycles. The lowest BCUT2D eigenvalue weighted by Gasteiger charge is -1.93. The van der Waals surface area contributed by atoms with Crippen molar-refractivity contribution in [3.05, 3.63) is 45.3 Å². The van der Waals surface area contributed by atoms with Gasteiger partial charge in [-0.2, -0.15) is 5.26 Å². The maximum atomic E-state index is 11.2. The summed E-state index contributed by atoms with van der Waals surface area (Å²) in [4.78, 5) is 17.4. The van der Waals surface area contributed by atoms with Crippen LogP contribution in [0.3, 0.4) is 0 Å². The first kappa shape index (κ1) is 15.9. The lowest BCUT2D eigenvalue weighted by Crippen LogP contribution is -2.02. The fourth-order valence-corrected chi connectivity index (χ4v) is 2.48. The molecule has 0 radical (unpaired) electrons. The first-order valence-corrected chi connectivity index (χ1v) is 6.84. The van der Waals surface area contributed by atoms with Crippen LogP contribution in [0, 0.1) is 18.3 Å². The quantitative estimate of drug-likeness (QED) is 0.362. The van der Waals surface area contributed by atoms with Gasteiger partial charge in [0, 0.05) is 27.7 Å². The highest BCUT2D eigenvalue weighted by atomic mass is 32.1. The van der Waals surface area contributed by atoms with Crippen molar-refractivity contribution < 1.29 is 9.53 Å². The predicted octanol–water partition coefficient (Wildman–Crippen LogP) is 3.17. The smallest absolute Gasteiger partial charge is 0.310 e. The average molecular weight is 288 g/mol. The molecule has 0 saturated carbocycles. The summed E-state index contributed by atoms with van der Waals surface area (Å²) in [5.41, 5.74) is 1.44. The number of ether oxygens (including phenoxy) is 1. The Kier molecular flexibility index (Phi) is 6.41. The monoisotopic (exact) mass is 288 g/mol. The number of methoxy groups -OCH3 is 1. The summed E-state index contributed by atoms with van der Waals surface area (Å²) in [6, 6.07) is 3.96. The van der Waals surface area contributed by atoms with Crippen molar-refractivity contribution in [3.8, 4) is 6.07 Å². The third kappa shape index (κ3) is 4.82. The Hall–Kier alpha value is -2.19. The zero-order chi connectivity index (χ0) is 15.0. The van der Waals surface area contributed by atoms with Gasteiger partial charge >= 0.3 is 5.97 Å². The number of aryl methyl sites for hydroxylation is 1. The second-order valence-electron chi connectivity index (χ2n) is 3.95. The second kappa shape index (κ2) is 8.08. The van der Waals surface area contributed by atoms with E-state index in [1.165, 1.54) is 13.3 Å². The number of hydrogen-bond acceptors (Lipinski definition) is 5. The van der Waals surface area contributed by atoms with Gasteiger partial charge in [0.1, 0.15) is 6.07 Å². The van der Waals surface area contributed by atoms with E-state index in [-0.39, 0.29) is 12.4 Å². The van der Waals surface area contributed by atoms with E-state index in [1.807, 2.05) is 26.0 Å². The van der Waals surface area contributed by atoms with Crippen LogP contribution < -0.4 is 0 Å². The second-order valence-corrected chi connectivity index (χ2v) is 5.29. The minimum atomic E-state index is -0.255. The molecule has 0 aliphatic heterocycles. The highest BCUT2D eigenvalue weighted by Crippen LogP contribution is 2.21. The van der Waals surface area contributed by atoms with Crippen LogP contribution in [0.4, 0.5) is 0 Å². The molecule has 0 N–H and O–H groups in total. The molecule has 0 aliphatic rings. The molecule has 0 atom stereocenters. The molecule has 1 heterocycles. The molecule has 0 saturated heterocycles. The molecule has 0 spiro atoms. The third-order valence-electron chi connectivity index (χ3n) is 2.46. The van der Waals surface area contributed by atoms with Crippen molar-refractivity contribution in [2.24, 2.45) is 4.99 Å². The fourth-order valence-electron chi connectivity index (χ4n) is 1.48. The Labute approximate surface area is 122 Å². The summed E-state index contributed by atoms with van der Waals surface area (Å²) in [7, 11) is 1.38. The van der Waals surface area contributed by atoms with Gasteiger partial charge in [0.15, 0.2) is 0 Å². The van der Waals surface area contributed by atoms with Crippen molar-refractivity contribution in [2.75, 3.05) is 7.11 Å². The van der Waals surface area contributed by atoms with Crippen molar-refractivity contribution in [1.82, 2.24) is 0 Å². The van der Waals surface area contributed by atoms with Crippen LogP contribution in [0.15, 0.2) is 35.0 Å². The number of thiophene rings is 1. The lowest BCUT2D eigenvalue weighted by atomic mass is 10.2. The van der Waals surface area contributed by atoms with E-state index in [9.17, 15) is 4.79 Å². The molecule has 0 aromatic carbocycles. The number of allylic oxidation sites excluding steroid dienone is 3. The number of carbonyl (C=O) groups excluding carboxylic acids is 1. The SMILES string of the molecule is C/C=C\C(C#N)=C/N=Cc1cc(CC(=O)OC)sc1C. The van der Waals surface area contributed by atoms with E-state index in [4.69, 9.17) is 5.26 Å². The van der Waals surface area contributed by atoms with Crippen LogP contribution in [-0.4, -0.2) is 19.3 Å². The number of nitrogens with zero attached hydrogens (tertiary/aromatic N) is 2. The zero-order valence-electron chi connectivity index (χ0n) is 11.7. The van der Waals surface area contributed by atoms with Crippen LogP contribution >= 0.6 is 11.3 Å². The number of hydrogen-bond donors (Lipinski definition) is 0. The fraction of sp³-hybridized carbons (Fsp3) is 0.267. The van der Waals surface area contributed by atoms with Gasteiger partial charge in [-0.3, -0.25) is 9.79 Å². The topological polar surface area (TPSA) is 62.5 Å². The van der Waals surface area contributed by atoms with Gasteiger partial charge in [-0.05, 0) is 26.0 Å². The maximum absolute atomic E-state index is 11.2. The van der Waals surface area contributed by atoms with Crippen molar-refractivity contribution >= 4 is 23.5 Å². The maximum Gasteiger partial charge on any atom is 0.310 e. The number of rotatable bonds is 5. The minimum Gasteiger partial charge on any atom is -0.469 e. The summed E-state index contributed by atoms with van der Waals surface area (Å²) < 4.78 is 4.64. The van der Waals surface area contributed by atoms with Crippen molar-refractivity contribution in [3.63, 3.8) is 0 Å². The summed E-state index contributed by atoms with van der Waals surface area (Å²) in [5, 5.41) is 8.85. The van der Waals surface area contributed by atoms with E-state index in [2.05, 4.69) is 9.73 Å². The number of esters is 1. The van der Waals surface area contributed by atoms with Crippen molar-refractivity contribution in [1.29, 1.82) is 5.26 Å². The molecular formula is C15H16N2O2S. The van der Waals surface area contributed by atoms with Crippen LogP contribution in [0.1, 0.15) is 22.2 Å². The van der Waals surface area contributed by atoms with E-state index < -0.39 is 0 Å².